The molecule has 5 heteroatoms. The van der Waals surface area contributed by atoms with E-state index in [1.807, 2.05) is 40.8 Å². The van der Waals surface area contributed by atoms with Gasteiger partial charge in [-0.15, -0.1) is 0 Å². The number of imidazole rings is 1. The molecule has 0 unspecified atom stereocenters. The lowest BCUT2D eigenvalue weighted by atomic mass is 9.48. The second-order valence-corrected chi connectivity index (χ2v) is 7.96. The Balaban J connectivity index is 1.68. The van der Waals surface area contributed by atoms with Crippen molar-refractivity contribution < 1.29 is 9.90 Å². The molecule has 5 nitrogen and oxygen atoms in total. The van der Waals surface area contributed by atoms with Gasteiger partial charge in [-0.25, -0.2) is 4.98 Å². The molecule has 2 fully saturated rings. The highest BCUT2D eigenvalue weighted by Gasteiger charge is 2.63. The molecule has 1 aliphatic heterocycles. The minimum Gasteiger partial charge on any atom is -0.396 e. The maximum Gasteiger partial charge on any atom is 0.257 e. The molecule has 23 heavy (non-hydrogen) atoms. The minimum absolute atomic E-state index is 0.0271. The van der Waals surface area contributed by atoms with Gasteiger partial charge in [-0.05, 0) is 36.8 Å². The molecule has 1 saturated heterocycles. The van der Waals surface area contributed by atoms with E-state index in [2.05, 4.69) is 18.8 Å². The zero-order valence-corrected chi connectivity index (χ0v) is 13.9. The number of aliphatic hydroxyl groups is 1. The fraction of sp³-hybridized carbons (Fsp3) is 0.556. The number of fused-ring (bicyclic) bond motifs is 2. The normalized spacial score (nSPS) is 28.7. The van der Waals surface area contributed by atoms with Crippen LogP contribution in [0.2, 0.25) is 0 Å². The molecule has 2 atom stereocenters. The monoisotopic (exact) mass is 313 g/mol. The number of aliphatic hydroxyl groups excluding tert-OH is 1. The number of hydrogen-bond donors (Lipinski definition) is 1. The first-order valence-corrected chi connectivity index (χ1v) is 8.21. The fourth-order valence-electron chi connectivity index (χ4n) is 4.97. The topological polar surface area (TPSA) is 57.8 Å². The Morgan fingerprint density at radius 1 is 1.48 bits per heavy atom. The van der Waals surface area contributed by atoms with E-state index < -0.39 is 0 Å². The van der Waals surface area contributed by atoms with Crippen molar-refractivity contribution in [3.05, 3.63) is 35.8 Å². The average molecular weight is 313 g/mol. The highest BCUT2D eigenvalue weighted by Crippen LogP contribution is 2.62. The summed E-state index contributed by atoms with van der Waals surface area (Å²) in [4.78, 5) is 19.5. The van der Waals surface area contributed by atoms with Gasteiger partial charge in [-0.1, -0.05) is 13.8 Å². The Morgan fingerprint density at radius 2 is 2.26 bits per heavy atom. The molecule has 0 aromatic carbocycles. The standard InChI is InChI=1S/C18H23N3O2/c1-12-7-20-6-4-5-13(15(20)19-12)16(23)21-8-14-17(2,3)9-18(14,10-21)11-22/h4-7,14,22H,8-11H2,1-3H3/t14-,18-/m1/s1. The van der Waals surface area contributed by atoms with Gasteiger partial charge in [0.05, 0.1) is 17.9 Å². The Bertz CT molecular complexity index is 795. The lowest BCUT2D eigenvalue weighted by Gasteiger charge is -2.55. The molecule has 0 radical (unpaired) electrons. The van der Waals surface area contributed by atoms with Crippen molar-refractivity contribution in [3.63, 3.8) is 0 Å². The molecule has 122 valence electrons. The van der Waals surface area contributed by atoms with E-state index in [0.717, 1.165) is 18.7 Å². The SMILES string of the molecule is Cc1cn2cccc(C(=O)N3C[C@@H]4C(C)(C)C[C@]4(CO)C3)c2n1. The predicted octanol–water partition coefficient (Wildman–Crippen LogP) is 2.12. The maximum atomic E-state index is 13.0. The number of carbonyl (C=O) groups is 1. The minimum atomic E-state index is -0.102. The molecular formula is C18H23N3O2. The molecule has 1 saturated carbocycles. The van der Waals surface area contributed by atoms with Crippen LogP contribution in [0.15, 0.2) is 24.5 Å². The van der Waals surface area contributed by atoms with Crippen LogP contribution in [0.1, 0.15) is 36.3 Å². The molecule has 0 bridgehead atoms. The van der Waals surface area contributed by atoms with Crippen molar-refractivity contribution in [1.29, 1.82) is 0 Å². The largest absolute Gasteiger partial charge is 0.396 e. The highest BCUT2D eigenvalue weighted by molar-refractivity contribution is 6.00. The zero-order chi connectivity index (χ0) is 16.4. The number of hydrogen-bond acceptors (Lipinski definition) is 3. The predicted molar refractivity (Wildman–Crippen MR) is 87.2 cm³/mol. The van der Waals surface area contributed by atoms with E-state index in [1.54, 1.807) is 0 Å². The van der Waals surface area contributed by atoms with Crippen LogP contribution in [0.5, 0.6) is 0 Å². The molecule has 1 N–H and O–H groups in total. The van der Waals surface area contributed by atoms with Crippen molar-refractivity contribution in [2.45, 2.75) is 27.2 Å². The Hall–Kier alpha value is -1.88. The molecule has 1 amide bonds. The fourth-order valence-corrected chi connectivity index (χ4v) is 4.97. The number of nitrogens with zero attached hydrogens (tertiary/aromatic N) is 3. The average Bonchev–Trinajstić information content (AvgIpc) is 3.03. The molecular weight excluding hydrogens is 290 g/mol. The van der Waals surface area contributed by atoms with Crippen LogP contribution in [0.3, 0.4) is 0 Å². The summed E-state index contributed by atoms with van der Waals surface area (Å²) in [5.74, 6) is 0.407. The van der Waals surface area contributed by atoms with Crippen molar-refractivity contribution in [3.8, 4) is 0 Å². The Kier molecular flexibility index (Phi) is 2.92. The van der Waals surface area contributed by atoms with Gasteiger partial charge < -0.3 is 14.4 Å². The van der Waals surface area contributed by atoms with E-state index in [4.69, 9.17) is 0 Å². The molecule has 2 aromatic heterocycles. The van der Waals surface area contributed by atoms with Gasteiger partial charge >= 0.3 is 0 Å². The lowest BCUT2D eigenvalue weighted by Crippen LogP contribution is -2.54. The second-order valence-electron chi connectivity index (χ2n) is 7.96. The molecule has 1 aliphatic carbocycles. The quantitative estimate of drug-likeness (QED) is 0.924. The van der Waals surface area contributed by atoms with Gasteiger partial charge in [0.1, 0.15) is 5.65 Å². The van der Waals surface area contributed by atoms with Crippen LogP contribution >= 0.6 is 0 Å². The van der Waals surface area contributed by atoms with E-state index >= 15 is 0 Å². The van der Waals surface area contributed by atoms with Crippen molar-refractivity contribution in [2.75, 3.05) is 19.7 Å². The lowest BCUT2D eigenvalue weighted by molar-refractivity contribution is -0.0976. The Morgan fingerprint density at radius 3 is 2.91 bits per heavy atom. The summed E-state index contributed by atoms with van der Waals surface area (Å²) in [5.41, 5.74) is 2.36. The van der Waals surface area contributed by atoms with Gasteiger partial charge in [0.15, 0.2) is 0 Å². The third kappa shape index (κ3) is 1.96. The number of aryl methyl sites for hydroxylation is 1. The van der Waals surface area contributed by atoms with E-state index in [-0.39, 0.29) is 23.3 Å². The number of pyridine rings is 1. The van der Waals surface area contributed by atoms with Crippen LogP contribution in [0.4, 0.5) is 0 Å². The van der Waals surface area contributed by atoms with Crippen molar-refractivity contribution >= 4 is 11.6 Å². The number of likely N-dealkylation sites (tertiary alicyclic amines) is 1. The molecule has 3 heterocycles. The smallest absolute Gasteiger partial charge is 0.257 e. The van der Waals surface area contributed by atoms with Crippen molar-refractivity contribution in [2.24, 2.45) is 16.7 Å². The van der Waals surface area contributed by atoms with Crippen LogP contribution < -0.4 is 0 Å². The highest BCUT2D eigenvalue weighted by atomic mass is 16.3. The van der Waals surface area contributed by atoms with Crippen molar-refractivity contribution in [1.82, 2.24) is 14.3 Å². The first kappa shape index (κ1) is 14.7. The first-order valence-electron chi connectivity index (χ1n) is 8.21. The number of rotatable bonds is 2. The van der Waals surface area contributed by atoms with Crippen LogP contribution in [0.25, 0.3) is 5.65 Å². The van der Waals surface area contributed by atoms with Crippen LogP contribution in [-0.2, 0) is 0 Å². The summed E-state index contributed by atoms with van der Waals surface area (Å²) in [7, 11) is 0. The van der Waals surface area contributed by atoms with Gasteiger partial charge in [-0.2, -0.15) is 0 Å². The summed E-state index contributed by atoms with van der Waals surface area (Å²) in [6.45, 7) is 7.94. The summed E-state index contributed by atoms with van der Waals surface area (Å²) < 4.78 is 1.90. The van der Waals surface area contributed by atoms with Crippen LogP contribution in [0, 0.1) is 23.7 Å². The van der Waals surface area contributed by atoms with Gasteiger partial charge in [0.2, 0.25) is 0 Å². The van der Waals surface area contributed by atoms with Gasteiger partial charge in [0.25, 0.3) is 5.91 Å². The van der Waals surface area contributed by atoms with Gasteiger partial charge in [0, 0.05) is 30.9 Å². The van der Waals surface area contributed by atoms with E-state index in [1.165, 1.54) is 0 Å². The molecule has 2 aromatic rings. The Labute approximate surface area is 135 Å². The van der Waals surface area contributed by atoms with E-state index in [0.29, 0.717) is 23.7 Å². The summed E-state index contributed by atoms with van der Waals surface area (Å²) in [5, 5.41) is 9.87. The number of amides is 1. The summed E-state index contributed by atoms with van der Waals surface area (Å²) in [6.07, 6.45) is 4.83. The third-order valence-electron chi connectivity index (χ3n) is 5.83. The third-order valence-corrected chi connectivity index (χ3v) is 5.83. The molecule has 2 aliphatic rings. The zero-order valence-electron chi connectivity index (χ0n) is 13.9. The number of aromatic nitrogens is 2. The molecule has 0 spiro atoms. The summed E-state index contributed by atoms with van der Waals surface area (Å²) in [6, 6.07) is 3.73. The number of carbonyl (C=O) groups excluding carboxylic acids is 1. The molecule has 4 rings (SSSR count). The second kappa shape index (κ2) is 4.57. The summed E-state index contributed by atoms with van der Waals surface area (Å²) >= 11 is 0. The van der Waals surface area contributed by atoms with Crippen LogP contribution in [-0.4, -0.2) is 45.0 Å². The van der Waals surface area contributed by atoms with E-state index in [9.17, 15) is 9.90 Å². The first-order chi connectivity index (χ1) is 10.9. The maximum absolute atomic E-state index is 13.0. The van der Waals surface area contributed by atoms with Gasteiger partial charge in [-0.3, -0.25) is 4.79 Å².